The third kappa shape index (κ3) is 1.75. The Balaban J connectivity index is 1.96. The molecule has 3 heteroatoms. The number of benzene rings is 1. The molecule has 1 saturated carbocycles. The lowest BCUT2D eigenvalue weighted by atomic mass is 10.0. The summed E-state index contributed by atoms with van der Waals surface area (Å²) in [5.41, 5.74) is 2.97. The predicted molar refractivity (Wildman–Crippen MR) is 68.2 cm³/mol. The Hall–Kier alpha value is -1.02. The van der Waals surface area contributed by atoms with Gasteiger partial charge in [0, 0.05) is 23.2 Å². The summed E-state index contributed by atoms with van der Waals surface area (Å²) in [7, 11) is 0. The molecule has 1 aromatic rings. The van der Waals surface area contributed by atoms with E-state index in [-0.39, 0.29) is 5.91 Å². The van der Waals surface area contributed by atoms with Gasteiger partial charge in [0.15, 0.2) is 0 Å². The van der Waals surface area contributed by atoms with Gasteiger partial charge in [-0.25, -0.2) is 0 Å². The van der Waals surface area contributed by atoms with Crippen molar-refractivity contribution in [1.29, 1.82) is 0 Å². The van der Waals surface area contributed by atoms with Crippen LogP contribution in [0.4, 0.5) is 0 Å². The van der Waals surface area contributed by atoms with E-state index in [1.54, 1.807) is 0 Å². The van der Waals surface area contributed by atoms with Crippen LogP contribution in [0.5, 0.6) is 0 Å². The van der Waals surface area contributed by atoms with Crippen molar-refractivity contribution in [3.63, 3.8) is 0 Å². The Bertz CT molecular complexity index is 493. The number of hydrogen-bond acceptors (Lipinski definition) is 1. The first-order valence-electron chi connectivity index (χ1n) is 6.18. The van der Waals surface area contributed by atoms with Crippen LogP contribution in [0.3, 0.4) is 0 Å². The highest BCUT2D eigenvalue weighted by Gasteiger charge is 2.39. The van der Waals surface area contributed by atoms with E-state index in [2.05, 4.69) is 6.92 Å². The molecule has 1 fully saturated rings. The second-order valence-corrected chi connectivity index (χ2v) is 5.70. The third-order valence-corrected chi connectivity index (χ3v) is 4.21. The summed E-state index contributed by atoms with van der Waals surface area (Å²) >= 11 is 6.05. The molecule has 0 spiro atoms. The van der Waals surface area contributed by atoms with Crippen LogP contribution in [-0.4, -0.2) is 16.8 Å². The average molecular weight is 250 g/mol. The van der Waals surface area contributed by atoms with Crippen LogP contribution >= 0.6 is 11.6 Å². The van der Waals surface area contributed by atoms with E-state index in [9.17, 15) is 4.79 Å². The fourth-order valence-corrected chi connectivity index (χ4v) is 3.10. The summed E-state index contributed by atoms with van der Waals surface area (Å²) < 4.78 is 0. The molecule has 2 aliphatic rings. The van der Waals surface area contributed by atoms with Crippen molar-refractivity contribution in [3.8, 4) is 0 Å². The van der Waals surface area contributed by atoms with Crippen molar-refractivity contribution < 1.29 is 4.79 Å². The maximum atomic E-state index is 12.4. The first-order chi connectivity index (χ1) is 8.08. The third-order valence-electron chi connectivity index (χ3n) is 3.99. The summed E-state index contributed by atoms with van der Waals surface area (Å²) in [5, 5.41) is 0.731. The van der Waals surface area contributed by atoms with E-state index in [0.29, 0.717) is 12.0 Å². The minimum absolute atomic E-state index is 0.188. The SMILES string of the molecule is Cc1cc(Cl)cc2c1C(=O)N([C@@H](C)C1CC1)C2. The van der Waals surface area contributed by atoms with Crippen molar-refractivity contribution >= 4 is 17.5 Å². The van der Waals surface area contributed by atoms with Gasteiger partial charge in [-0.05, 0) is 55.9 Å². The fourth-order valence-electron chi connectivity index (χ4n) is 2.80. The predicted octanol–water partition coefficient (Wildman–Crippen LogP) is 3.40. The smallest absolute Gasteiger partial charge is 0.255 e. The highest BCUT2D eigenvalue weighted by Crippen LogP contribution is 2.39. The Labute approximate surface area is 107 Å². The van der Waals surface area contributed by atoms with E-state index in [1.165, 1.54) is 12.8 Å². The largest absolute Gasteiger partial charge is 0.331 e. The lowest BCUT2D eigenvalue weighted by Gasteiger charge is -2.24. The zero-order valence-corrected chi connectivity index (χ0v) is 10.9. The summed E-state index contributed by atoms with van der Waals surface area (Å²) in [6.07, 6.45) is 2.53. The molecule has 1 aromatic carbocycles. The van der Waals surface area contributed by atoms with Gasteiger partial charge < -0.3 is 4.90 Å². The second kappa shape index (κ2) is 3.74. The summed E-state index contributed by atoms with van der Waals surface area (Å²) in [6.45, 7) is 4.86. The standard InChI is InChI=1S/C14H16ClNO/c1-8-5-12(15)6-11-7-16(14(17)13(8)11)9(2)10-3-4-10/h5-6,9-10H,3-4,7H2,1-2H3/t9-/m0/s1. The maximum Gasteiger partial charge on any atom is 0.255 e. The number of halogens is 1. The molecule has 0 bridgehead atoms. The first-order valence-corrected chi connectivity index (χ1v) is 6.55. The van der Waals surface area contributed by atoms with Crippen LogP contribution < -0.4 is 0 Å². The van der Waals surface area contributed by atoms with Gasteiger partial charge in [-0.15, -0.1) is 0 Å². The Morgan fingerprint density at radius 2 is 2.12 bits per heavy atom. The van der Waals surface area contributed by atoms with Crippen LogP contribution in [0.1, 0.15) is 41.3 Å². The van der Waals surface area contributed by atoms with E-state index in [4.69, 9.17) is 11.6 Å². The fraction of sp³-hybridized carbons (Fsp3) is 0.500. The molecule has 17 heavy (non-hydrogen) atoms. The van der Waals surface area contributed by atoms with Crippen molar-refractivity contribution in [3.05, 3.63) is 33.8 Å². The molecule has 1 atom stereocenters. The molecule has 0 aromatic heterocycles. The Kier molecular flexibility index (Phi) is 2.44. The lowest BCUT2D eigenvalue weighted by molar-refractivity contribution is 0.0697. The number of hydrogen-bond donors (Lipinski definition) is 0. The van der Waals surface area contributed by atoms with Crippen molar-refractivity contribution in [1.82, 2.24) is 4.90 Å². The minimum Gasteiger partial charge on any atom is -0.331 e. The van der Waals surface area contributed by atoms with Crippen molar-refractivity contribution in [2.45, 2.75) is 39.3 Å². The molecule has 2 nitrogen and oxygen atoms in total. The van der Waals surface area contributed by atoms with Crippen LogP contribution in [-0.2, 0) is 6.54 Å². The van der Waals surface area contributed by atoms with Gasteiger partial charge in [-0.3, -0.25) is 4.79 Å². The average Bonchev–Trinajstić information content (AvgIpc) is 3.03. The lowest BCUT2D eigenvalue weighted by Crippen LogP contribution is -2.34. The normalized spacial score (nSPS) is 20.6. The molecular weight excluding hydrogens is 234 g/mol. The van der Waals surface area contributed by atoms with Crippen LogP contribution in [0.15, 0.2) is 12.1 Å². The maximum absolute atomic E-state index is 12.4. The van der Waals surface area contributed by atoms with Crippen LogP contribution in [0.2, 0.25) is 5.02 Å². The second-order valence-electron chi connectivity index (χ2n) is 5.27. The minimum atomic E-state index is 0.188. The van der Waals surface area contributed by atoms with E-state index in [1.807, 2.05) is 24.0 Å². The summed E-state index contributed by atoms with van der Waals surface area (Å²) in [5.74, 6) is 0.901. The van der Waals surface area contributed by atoms with E-state index >= 15 is 0 Å². The molecule has 0 saturated heterocycles. The molecule has 1 amide bonds. The van der Waals surface area contributed by atoms with Gasteiger partial charge in [0.25, 0.3) is 5.91 Å². The van der Waals surface area contributed by atoms with E-state index in [0.717, 1.165) is 28.3 Å². The molecular formula is C14H16ClNO. The van der Waals surface area contributed by atoms with Gasteiger partial charge in [-0.1, -0.05) is 11.6 Å². The summed E-state index contributed by atoms with van der Waals surface area (Å²) in [6, 6.07) is 4.18. The van der Waals surface area contributed by atoms with Crippen molar-refractivity contribution in [2.75, 3.05) is 0 Å². The zero-order valence-electron chi connectivity index (χ0n) is 10.2. The molecule has 90 valence electrons. The number of carbonyl (C=O) groups excluding carboxylic acids is 1. The van der Waals surface area contributed by atoms with Gasteiger partial charge in [0.1, 0.15) is 0 Å². The quantitative estimate of drug-likeness (QED) is 0.787. The number of fused-ring (bicyclic) bond motifs is 1. The molecule has 0 unspecified atom stereocenters. The molecule has 0 N–H and O–H groups in total. The molecule has 1 heterocycles. The monoisotopic (exact) mass is 249 g/mol. The van der Waals surface area contributed by atoms with Gasteiger partial charge in [-0.2, -0.15) is 0 Å². The number of rotatable bonds is 2. The van der Waals surface area contributed by atoms with Gasteiger partial charge in [0.05, 0.1) is 0 Å². The molecule has 3 rings (SSSR count). The number of amides is 1. The zero-order chi connectivity index (χ0) is 12.2. The highest BCUT2D eigenvalue weighted by atomic mass is 35.5. The van der Waals surface area contributed by atoms with Crippen LogP contribution in [0, 0.1) is 12.8 Å². The van der Waals surface area contributed by atoms with Gasteiger partial charge >= 0.3 is 0 Å². The van der Waals surface area contributed by atoms with E-state index < -0.39 is 0 Å². The molecule has 1 aliphatic carbocycles. The topological polar surface area (TPSA) is 20.3 Å². The summed E-state index contributed by atoms with van der Waals surface area (Å²) in [4.78, 5) is 14.4. The van der Waals surface area contributed by atoms with Crippen molar-refractivity contribution in [2.24, 2.45) is 5.92 Å². The number of carbonyl (C=O) groups is 1. The highest BCUT2D eigenvalue weighted by molar-refractivity contribution is 6.31. The number of nitrogens with zero attached hydrogens (tertiary/aromatic N) is 1. The molecule has 0 radical (unpaired) electrons. The first kappa shape index (κ1) is 11.1. The Morgan fingerprint density at radius 1 is 1.41 bits per heavy atom. The van der Waals surface area contributed by atoms with Crippen LogP contribution in [0.25, 0.3) is 0 Å². The van der Waals surface area contributed by atoms with Gasteiger partial charge in [0.2, 0.25) is 0 Å². The Morgan fingerprint density at radius 3 is 2.76 bits per heavy atom. The number of aryl methyl sites for hydroxylation is 1. The molecule has 1 aliphatic heterocycles.